The number of aromatic nitrogens is 2. The molecule has 1 saturated heterocycles. The molecule has 3 heterocycles. The highest BCUT2D eigenvalue weighted by atomic mass is 16.5. The molecule has 3 aromatic rings. The van der Waals surface area contributed by atoms with E-state index < -0.39 is 0 Å². The predicted octanol–water partition coefficient (Wildman–Crippen LogP) is 3.72. The third-order valence-corrected chi connectivity index (χ3v) is 6.26. The van der Waals surface area contributed by atoms with Gasteiger partial charge >= 0.3 is 0 Å². The molecule has 0 spiro atoms. The molecule has 1 fully saturated rings. The molecular weight excluding hydrogens is 430 g/mol. The van der Waals surface area contributed by atoms with Crippen molar-refractivity contribution >= 4 is 22.6 Å². The molecule has 8 nitrogen and oxygen atoms in total. The lowest BCUT2D eigenvalue weighted by atomic mass is 10.2. The molecule has 0 radical (unpaired) electrons. The lowest BCUT2D eigenvalue weighted by Gasteiger charge is -2.29. The Morgan fingerprint density at radius 3 is 2.74 bits per heavy atom. The number of rotatable bonds is 11. The van der Waals surface area contributed by atoms with E-state index in [1.807, 2.05) is 43.3 Å². The fraction of sp³-hybridized carbons (Fsp3) is 0.500. The number of carbonyl (C=O) groups is 1. The number of morpholine rings is 1. The average Bonchev–Trinajstić information content (AvgIpc) is 3.41. The number of nitrogens with one attached hydrogen (secondary N) is 1. The number of para-hydroxylation sites is 1. The number of hydrogen-bond acceptors (Lipinski definition) is 7. The Labute approximate surface area is 201 Å². The van der Waals surface area contributed by atoms with Gasteiger partial charge in [0.2, 0.25) is 5.91 Å². The summed E-state index contributed by atoms with van der Waals surface area (Å²) in [6.07, 6.45) is 3.93. The van der Waals surface area contributed by atoms with E-state index in [0.29, 0.717) is 24.6 Å². The van der Waals surface area contributed by atoms with Gasteiger partial charge in [0.1, 0.15) is 5.82 Å². The maximum atomic E-state index is 12.6. The van der Waals surface area contributed by atoms with Crippen molar-refractivity contribution in [2.24, 2.45) is 0 Å². The highest BCUT2D eigenvalue weighted by Gasteiger charge is 2.19. The first-order chi connectivity index (χ1) is 16.6. The summed E-state index contributed by atoms with van der Waals surface area (Å²) in [4.78, 5) is 26.9. The fourth-order valence-electron chi connectivity index (χ4n) is 4.14. The van der Waals surface area contributed by atoms with E-state index >= 15 is 0 Å². The van der Waals surface area contributed by atoms with Crippen LogP contribution in [-0.2, 0) is 9.53 Å². The summed E-state index contributed by atoms with van der Waals surface area (Å²) in [5.41, 5.74) is 0.862. The van der Waals surface area contributed by atoms with Crippen LogP contribution >= 0.6 is 0 Å². The van der Waals surface area contributed by atoms with Gasteiger partial charge in [-0.25, -0.2) is 9.97 Å². The van der Waals surface area contributed by atoms with Crippen molar-refractivity contribution in [1.29, 1.82) is 0 Å². The second-order valence-corrected chi connectivity index (χ2v) is 8.79. The molecule has 0 unspecified atom stereocenters. The molecule has 1 amide bonds. The van der Waals surface area contributed by atoms with Crippen LogP contribution in [0.4, 0.5) is 5.82 Å². The lowest BCUT2D eigenvalue weighted by Crippen LogP contribution is -2.39. The molecule has 1 atom stereocenters. The summed E-state index contributed by atoms with van der Waals surface area (Å²) >= 11 is 0. The number of amides is 1. The third-order valence-electron chi connectivity index (χ3n) is 6.26. The molecular formula is C26H35N5O3. The van der Waals surface area contributed by atoms with E-state index in [1.54, 1.807) is 6.26 Å². The van der Waals surface area contributed by atoms with Crippen molar-refractivity contribution in [3.05, 3.63) is 42.7 Å². The van der Waals surface area contributed by atoms with Crippen molar-refractivity contribution in [3.8, 4) is 11.6 Å². The molecule has 0 aliphatic carbocycles. The standard InChI is InChI=1S/C26H35N5O3/c1-3-20(2)27-24(32)11-14-31(13-7-12-30-15-18-33-19-16-30)26-21-8-4-5-9-22(21)28-25(29-26)23-10-6-17-34-23/h4-6,8-10,17,20H,3,7,11-16,18-19H2,1-2H3,(H,27,32)/t20-/m0/s1. The predicted molar refractivity (Wildman–Crippen MR) is 134 cm³/mol. The summed E-state index contributed by atoms with van der Waals surface area (Å²) < 4.78 is 11.1. The third kappa shape index (κ3) is 6.33. The van der Waals surface area contributed by atoms with Crippen molar-refractivity contribution in [2.45, 2.75) is 39.2 Å². The van der Waals surface area contributed by atoms with Crippen LogP contribution in [0.1, 0.15) is 33.1 Å². The molecule has 34 heavy (non-hydrogen) atoms. The van der Waals surface area contributed by atoms with E-state index in [4.69, 9.17) is 19.1 Å². The number of furan rings is 1. The first kappa shape index (κ1) is 24.2. The van der Waals surface area contributed by atoms with Crippen LogP contribution in [0.15, 0.2) is 47.1 Å². The van der Waals surface area contributed by atoms with Gasteiger partial charge in [-0.05, 0) is 44.0 Å². The number of ether oxygens (including phenoxy) is 1. The van der Waals surface area contributed by atoms with Gasteiger partial charge in [-0.2, -0.15) is 0 Å². The van der Waals surface area contributed by atoms with Crippen LogP contribution in [0.25, 0.3) is 22.5 Å². The lowest BCUT2D eigenvalue weighted by molar-refractivity contribution is -0.121. The van der Waals surface area contributed by atoms with E-state index in [9.17, 15) is 4.79 Å². The Morgan fingerprint density at radius 1 is 1.15 bits per heavy atom. The number of carbonyl (C=O) groups excluding carboxylic acids is 1. The molecule has 1 aliphatic rings. The Hall–Kier alpha value is -2.97. The largest absolute Gasteiger partial charge is 0.461 e. The van der Waals surface area contributed by atoms with Crippen molar-refractivity contribution < 1.29 is 13.9 Å². The molecule has 0 saturated carbocycles. The molecule has 1 N–H and O–H groups in total. The molecule has 8 heteroatoms. The van der Waals surface area contributed by atoms with E-state index in [1.165, 1.54) is 0 Å². The normalized spacial score (nSPS) is 15.4. The van der Waals surface area contributed by atoms with Gasteiger partial charge in [-0.15, -0.1) is 0 Å². The molecule has 0 bridgehead atoms. The van der Waals surface area contributed by atoms with Crippen LogP contribution in [0.5, 0.6) is 0 Å². The number of hydrogen-bond donors (Lipinski definition) is 1. The topological polar surface area (TPSA) is 83.7 Å². The Kier molecular flexibility index (Phi) is 8.49. The van der Waals surface area contributed by atoms with Gasteiger partial charge in [0.05, 0.1) is 25.0 Å². The summed E-state index contributed by atoms with van der Waals surface area (Å²) in [5, 5.41) is 4.06. The highest BCUT2D eigenvalue weighted by molar-refractivity contribution is 5.91. The van der Waals surface area contributed by atoms with E-state index in [-0.39, 0.29) is 11.9 Å². The number of fused-ring (bicyclic) bond motifs is 1. The van der Waals surface area contributed by atoms with Gasteiger partial charge in [0.25, 0.3) is 0 Å². The first-order valence-corrected chi connectivity index (χ1v) is 12.3. The Morgan fingerprint density at radius 2 is 1.97 bits per heavy atom. The SMILES string of the molecule is CC[C@H](C)NC(=O)CCN(CCCN1CCOCC1)c1nc(-c2ccco2)nc2ccccc12. The minimum Gasteiger partial charge on any atom is -0.461 e. The van der Waals surface area contributed by atoms with Crippen LogP contribution in [-0.4, -0.2) is 72.8 Å². The van der Waals surface area contributed by atoms with Crippen molar-refractivity contribution in [2.75, 3.05) is 50.8 Å². The summed E-state index contributed by atoms with van der Waals surface area (Å²) in [6.45, 7) is 10.0. The quantitative estimate of drug-likeness (QED) is 0.462. The molecule has 1 aromatic carbocycles. The van der Waals surface area contributed by atoms with Crippen molar-refractivity contribution in [1.82, 2.24) is 20.2 Å². The maximum absolute atomic E-state index is 12.6. The smallest absolute Gasteiger partial charge is 0.221 e. The number of benzene rings is 1. The fourth-order valence-corrected chi connectivity index (χ4v) is 4.14. The zero-order valence-corrected chi connectivity index (χ0v) is 20.2. The van der Waals surface area contributed by atoms with Gasteiger partial charge in [-0.3, -0.25) is 9.69 Å². The minimum absolute atomic E-state index is 0.0668. The van der Waals surface area contributed by atoms with Gasteiger partial charge in [0.15, 0.2) is 11.6 Å². The first-order valence-electron chi connectivity index (χ1n) is 12.3. The second-order valence-electron chi connectivity index (χ2n) is 8.79. The zero-order valence-electron chi connectivity index (χ0n) is 20.2. The maximum Gasteiger partial charge on any atom is 0.221 e. The van der Waals surface area contributed by atoms with Crippen LogP contribution in [0.2, 0.25) is 0 Å². The highest BCUT2D eigenvalue weighted by Crippen LogP contribution is 2.28. The number of anilines is 1. The summed E-state index contributed by atoms with van der Waals surface area (Å²) in [7, 11) is 0. The average molecular weight is 466 g/mol. The van der Waals surface area contributed by atoms with Crippen molar-refractivity contribution in [3.63, 3.8) is 0 Å². The minimum atomic E-state index is 0.0668. The molecule has 4 rings (SSSR count). The van der Waals surface area contributed by atoms with Gasteiger partial charge in [0, 0.05) is 50.6 Å². The monoisotopic (exact) mass is 465 g/mol. The summed E-state index contributed by atoms with van der Waals surface area (Å²) in [5.74, 6) is 2.10. The van der Waals surface area contributed by atoms with E-state index in [0.717, 1.165) is 69.0 Å². The van der Waals surface area contributed by atoms with Crippen LogP contribution in [0.3, 0.4) is 0 Å². The Bertz CT molecular complexity index is 1050. The number of nitrogens with zero attached hydrogens (tertiary/aromatic N) is 4. The molecule has 1 aliphatic heterocycles. The van der Waals surface area contributed by atoms with Gasteiger partial charge < -0.3 is 19.4 Å². The molecule has 2 aromatic heterocycles. The van der Waals surface area contributed by atoms with Gasteiger partial charge in [-0.1, -0.05) is 19.1 Å². The zero-order chi connectivity index (χ0) is 23.8. The summed E-state index contributed by atoms with van der Waals surface area (Å²) in [6, 6.07) is 11.9. The second kappa shape index (κ2) is 11.9. The van der Waals surface area contributed by atoms with E-state index in [2.05, 4.69) is 22.0 Å². The van der Waals surface area contributed by atoms with Crippen LogP contribution in [0, 0.1) is 0 Å². The molecule has 182 valence electrons. The van der Waals surface area contributed by atoms with Crippen LogP contribution < -0.4 is 10.2 Å². The Balaban J connectivity index is 1.57.